The molecule has 0 aliphatic carbocycles. The molecule has 1 aromatic heterocycles. The number of amidine groups is 1. The minimum atomic E-state index is -4.30. The Morgan fingerprint density at radius 2 is 1.63 bits per heavy atom. The molecule has 1 atom stereocenters. The van der Waals surface area contributed by atoms with Gasteiger partial charge < -0.3 is 29.4 Å². The second kappa shape index (κ2) is 20.4. The number of hydrogen-bond donors (Lipinski definition) is 2. The lowest BCUT2D eigenvalue weighted by Gasteiger charge is -2.33. The van der Waals surface area contributed by atoms with Crippen LogP contribution in [0.1, 0.15) is 77.8 Å². The Labute approximate surface area is 351 Å². The van der Waals surface area contributed by atoms with Crippen LogP contribution in [0.5, 0.6) is 23.3 Å². The number of thioether (sulfide) groups is 1. The number of methoxy groups -OCH3 is 2. The van der Waals surface area contributed by atoms with Crippen molar-refractivity contribution in [3.05, 3.63) is 82.8 Å². The number of amides is 1. The summed E-state index contributed by atoms with van der Waals surface area (Å²) >= 11 is 1.51. The molecular formula is C43H57N5O9S2. The zero-order chi connectivity index (χ0) is 42.7. The summed E-state index contributed by atoms with van der Waals surface area (Å²) in [6.45, 7) is 9.45. The van der Waals surface area contributed by atoms with Crippen molar-refractivity contribution in [1.29, 1.82) is 0 Å². The molecular weight excluding hydrogens is 795 g/mol. The van der Waals surface area contributed by atoms with Gasteiger partial charge in [0.25, 0.3) is 27.7 Å². The van der Waals surface area contributed by atoms with Crippen molar-refractivity contribution in [1.82, 2.24) is 13.4 Å². The van der Waals surface area contributed by atoms with Crippen molar-refractivity contribution in [2.45, 2.75) is 87.5 Å². The first kappa shape index (κ1) is 45.2. The summed E-state index contributed by atoms with van der Waals surface area (Å²) in [6, 6.07) is 17.6. The number of aliphatic imine (C=N–C) groups is 1. The Hall–Kier alpha value is -4.93. The molecule has 3 aromatic carbocycles. The number of carbonyl (C=O) groups excluding carboxylic acids is 1. The van der Waals surface area contributed by atoms with Crippen molar-refractivity contribution < 1.29 is 37.3 Å². The Morgan fingerprint density at radius 3 is 2.31 bits per heavy atom. The fourth-order valence-electron chi connectivity index (χ4n) is 6.59. The van der Waals surface area contributed by atoms with E-state index in [0.29, 0.717) is 31.1 Å². The topological polar surface area (TPSA) is 163 Å². The number of ether oxygens (including phenoxy) is 4. The van der Waals surface area contributed by atoms with Gasteiger partial charge in [0.1, 0.15) is 16.4 Å². The number of nitrogens with zero attached hydrogens (tertiary/aromatic N) is 4. The smallest absolute Gasteiger partial charge is 0.334 e. The molecule has 1 unspecified atom stereocenters. The zero-order valence-corrected chi connectivity index (χ0v) is 36.7. The fourth-order valence-corrected chi connectivity index (χ4v) is 9.13. The predicted molar refractivity (Wildman–Crippen MR) is 232 cm³/mol. The van der Waals surface area contributed by atoms with Gasteiger partial charge in [-0.05, 0) is 78.8 Å². The third-order valence-electron chi connectivity index (χ3n) is 9.86. The van der Waals surface area contributed by atoms with Gasteiger partial charge in [-0.25, -0.2) is 22.8 Å². The van der Waals surface area contributed by atoms with Crippen LogP contribution in [-0.4, -0.2) is 85.0 Å². The van der Waals surface area contributed by atoms with Gasteiger partial charge in [0.2, 0.25) is 0 Å². The first-order chi connectivity index (χ1) is 28.2. The van der Waals surface area contributed by atoms with Crippen LogP contribution in [0.15, 0.2) is 86.3 Å². The van der Waals surface area contributed by atoms with E-state index in [9.17, 15) is 23.1 Å². The Kier molecular flexibility index (Phi) is 15.6. The fraction of sp³-hybridized carbons (Fsp3) is 0.465. The van der Waals surface area contributed by atoms with Gasteiger partial charge in [0.05, 0.1) is 32.2 Å². The number of sulfonamides is 1. The first-order valence-corrected chi connectivity index (χ1v) is 22.3. The van der Waals surface area contributed by atoms with Crippen molar-refractivity contribution in [2.75, 3.05) is 51.7 Å². The number of benzene rings is 3. The van der Waals surface area contributed by atoms with Gasteiger partial charge in [-0.3, -0.25) is 13.7 Å². The number of imidazole rings is 1. The van der Waals surface area contributed by atoms with Crippen LogP contribution in [0.2, 0.25) is 0 Å². The SMILES string of the molecule is CCCCCCOCCCN1C(C(C(=O)Nc2cc(C(C)(C)C)ccc2SCCCOc2ccc(OC)cc2)n2c(O)c(OC)n(C)c2=O)=Nc2ccccc2S1(=O)=O. The second-order valence-corrected chi connectivity index (χ2v) is 18.1. The van der Waals surface area contributed by atoms with E-state index in [1.807, 2.05) is 42.5 Å². The Morgan fingerprint density at radius 1 is 0.915 bits per heavy atom. The molecule has 0 spiro atoms. The summed E-state index contributed by atoms with van der Waals surface area (Å²) < 4.78 is 54.2. The number of carbonyl (C=O) groups is 1. The molecule has 2 N–H and O–H groups in total. The lowest BCUT2D eigenvalue weighted by Crippen LogP contribution is -2.49. The molecule has 1 aliphatic heterocycles. The first-order valence-electron chi connectivity index (χ1n) is 19.9. The maximum atomic E-state index is 15.0. The number of para-hydroxylation sites is 1. The van der Waals surface area contributed by atoms with Crippen molar-refractivity contribution >= 4 is 44.9 Å². The highest BCUT2D eigenvalue weighted by molar-refractivity contribution is 7.99. The number of nitrogens with one attached hydrogen (secondary N) is 1. The zero-order valence-electron chi connectivity index (χ0n) is 35.0. The summed E-state index contributed by atoms with van der Waals surface area (Å²) in [4.78, 5) is 34.4. The van der Waals surface area contributed by atoms with Crippen molar-refractivity contribution in [2.24, 2.45) is 12.0 Å². The number of rotatable bonds is 21. The maximum Gasteiger partial charge on any atom is 0.334 e. The molecule has 2 heterocycles. The van der Waals surface area contributed by atoms with Crippen LogP contribution >= 0.6 is 11.8 Å². The molecule has 4 aromatic rings. The van der Waals surface area contributed by atoms with Crippen molar-refractivity contribution in [3.63, 3.8) is 0 Å². The summed E-state index contributed by atoms with van der Waals surface area (Å²) in [5, 5.41) is 14.5. The number of unbranched alkanes of at least 4 members (excludes halogenated alkanes) is 3. The highest BCUT2D eigenvalue weighted by Gasteiger charge is 2.43. The van der Waals surface area contributed by atoms with E-state index in [1.165, 1.54) is 38.1 Å². The third-order valence-corrected chi connectivity index (χ3v) is 12.9. The number of aromatic hydroxyl groups is 1. The van der Waals surface area contributed by atoms with E-state index in [-0.39, 0.29) is 47.3 Å². The number of hydrogen-bond acceptors (Lipinski definition) is 11. The molecule has 14 nitrogen and oxygen atoms in total. The minimum absolute atomic E-state index is 0.0434. The van der Waals surface area contributed by atoms with Crippen LogP contribution in [0.4, 0.5) is 11.4 Å². The van der Waals surface area contributed by atoms with Gasteiger partial charge in [-0.2, -0.15) is 0 Å². The average molecular weight is 852 g/mol. The Bertz CT molecular complexity index is 2250. The highest BCUT2D eigenvalue weighted by Crippen LogP contribution is 2.39. The molecule has 0 fully saturated rings. The average Bonchev–Trinajstić information content (AvgIpc) is 3.42. The molecule has 0 saturated carbocycles. The van der Waals surface area contributed by atoms with Gasteiger partial charge in [0.15, 0.2) is 11.9 Å². The minimum Gasteiger partial charge on any atom is -0.497 e. The quantitative estimate of drug-likeness (QED) is 0.0629. The van der Waals surface area contributed by atoms with Gasteiger partial charge in [-0.1, -0.05) is 65.2 Å². The molecule has 320 valence electrons. The van der Waals surface area contributed by atoms with Crippen LogP contribution in [0, 0.1) is 0 Å². The summed E-state index contributed by atoms with van der Waals surface area (Å²) in [5.41, 5.74) is 0.370. The molecule has 16 heteroatoms. The second-order valence-electron chi connectivity index (χ2n) is 15.2. The van der Waals surface area contributed by atoms with Gasteiger partial charge >= 0.3 is 5.69 Å². The van der Waals surface area contributed by atoms with E-state index in [2.05, 4.69) is 33.0 Å². The van der Waals surface area contributed by atoms with E-state index >= 15 is 0 Å². The van der Waals surface area contributed by atoms with Crippen LogP contribution in [0.3, 0.4) is 0 Å². The van der Waals surface area contributed by atoms with E-state index in [4.69, 9.17) is 23.9 Å². The normalized spacial score (nSPS) is 14.0. The lowest BCUT2D eigenvalue weighted by molar-refractivity contribution is -0.117. The summed E-state index contributed by atoms with van der Waals surface area (Å²) in [6.07, 6.45) is 5.10. The number of anilines is 1. The van der Waals surface area contributed by atoms with Crippen LogP contribution in [0.25, 0.3) is 0 Å². The maximum absolute atomic E-state index is 15.0. The lowest BCUT2D eigenvalue weighted by atomic mass is 9.87. The van der Waals surface area contributed by atoms with Crippen LogP contribution < -0.4 is 25.2 Å². The molecule has 5 rings (SSSR count). The van der Waals surface area contributed by atoms with Gasteiger partial charge in [0, 0.05) is 37.5 Å². The molecule has 0 bridgehead atoms. The van der Waals surface area contributed by atoms with Gasteiger partial charge in [-0.15, -0.1) is 11.8 Å². The Balaban J connectivity index is 1.50. The number of aromatic nitrogens is 2. The molecule has 1 aliphatic rings. The third kappa shape index (κ3) is 10.8. The number of fused-ring (bicyclic) bond motifs is 1. The van der Waals surface area contributed by atoms with E-state index in [0.717, 1.165) is 61.1 Å². The highest BCUT2D eigenvalue weighted by atomic mass is 32.2. The predicted octanol–water partition coefficient (Wildman–Crippen LogP) is 7.67. The molecule has 0 saturated heterocycles. The van der Waals surface area contributed by atoms with E-state index in [1.54, 1.807) is 19.2 Å². The monoisotopic (exact) mass is 851 g/mol. The molecule has 0 radical (unpaired) electrons. The standard InChI is InChI=1S/C43H57N5O9S2/c1-8-9-10-13-25-56-26-14-24-47-38(44-33-16-11-12-17-36(33)59(47,52)53)37(48-40(50)41(55-7)46(5)42(48)51)39(49)45-34-29-30(43(2,3)4)18-23-35(34)58-28-15-27-57-32-21-19-31(54-6)20-22-32/h11-12,16-23,29,37,50H,8-10,13-15,24-28H2,1-7H3,(H,45,49). The molecule has 59 heavy (non-hydrogen) atoms. The summed E-state index contributed by atoms with van der Waals surface area (Å²) in [5.74, 6) is 0.178. The largest absolute Gasteiger partial charge is 0.497 e. The molecule has 1 amide bonds. The van der Waals surface area contributed by atoms with Crippen LogP contribution in [-0.2, 0) is 32.0 Å². The van der Waals surface area contributed by atoms with Crippen molar-refractivity contribution in [3.8, 4) is 23.3 Å². The van der Waals surface area contributed by atoms with E-state index < -0.39 is 33.5 Å². The summed E-state index contributed by atoms with van der Waals surface area (Å²) in [7, 11) is -0.0198.